The second-order valence-electron chi connectivity index (χ2n) is 20.5. The average Bonchev–Trinajstić information content (AvgIpc) is 4.02. The summed E-state index contributed by atoms with van der Waals surface area (Å²) >= 11 is 0. The van der Waals surface area contributed by atoms with Gasteiger partial charge in [0.2, 0.25) is 12.4 Å². The van der Waals surface area contributed by atoms with Gasteiger partial charge in [-0.2, -0.15) is 0 Å². The number of hydrogen-bond acceptors (Lipinski definition) is 22. The molecule has 22 heteroatoms. The summed E-state index contributed by atoms with van der Waals surface area (Å²) in [5, 5.41) is 9.40. The molecular weight excluding hydrogens is 977 g/mol. The quantitative estimate of drug-likeness (QED) is 0.218. The molecule has 9 rings (SSSR count). The maximum absolute atomic E-state index is 11.7. The van der Waals surface area contributed by atoms with Gasteiger partial charge in [0.1, 0.15) is 54.9 Å². The molecule has 5 unspecified atom stereocenters. The number of hydrogen-bond donors (Lipinski definition) is 1. The van der Waals surface area contributed by atoms with Gasteiger partial charge in [-0.05, 0) is 66.5 Å². The highest BCUT2D eigenvalue weighted by molar-refractivity contribution is 5.69. The maximum Gasteiger partial charge on any atom is 0.305 e. The standard InChI is InChI=1S/C21H26O10.C19H26O6.C12H20O6/c1-12(22)27-18-17(11-26-10-16-8-6-5-7-9-16)31-21(30-15(4)25)20(29-14(3)24)19(18)28-13(2)23;1-18(2)22-14-13(11-20-10-12-8-6-5-7-9-12)21-17-16(15(14)23-18)24-19(3,4)25-17;1-11(2)15-7-6(5-13)14-10-9(8(7)16-11)17-12(3,4)18-10/h5-9,17-21H,10-11H2,1-4H3;5-9,13-17H,10-11H2,1-4H3;6-10,13H,5H2,1-4H3/t17-,18+,19+,20-,21?;13-,14+,15?,16-,17?;6-,7+,8?,9-,10?/m000/s1. The largest absolute Gasteiger partial charge is 0.456 e. The minimum absolute atomic E-state index is 0.0881. The third kappa shape index (κ3) is 15.0. The van der Waals surface area contributed by atoms with Crippen molar-refractivity contribution < 1.29 is 105 Å². The third-order valence-corrected chi connectivity index (χ3v) is 12.2. The van der Waals surface area contributed by atoms with Crippen LogP contribution in [0.1, 0.15) is 94.2 Å². The Bertz CT molecular complexity index is 2190. The van der Waals surface area contributed by atoms with Crippen molar-refractivity contribution in [3.05, 3.63) is 71.8 Å². The third-order valence-electron chi connectivity index (χ3n) is 12.2. The average molecular weight is 1050 g/mol. The second-order valence-corrected chi connectivity index (χ2v) is 20.5. The van der Waals surface area contributed by atoms with E-state index in [-0.39, 0.29) is 62.5 Å². The van der Waals surface area contributed by atoms with Crippen LogP contribution >= 0.6 is 0 Å². The van der Waals surface area contributed by atoms with Crippen molar-refractivity contribution in [3.8, 4) is 0 Å². The predicted octanol–water partition coefficient (Wildman–Crippen LogP) is 4.26. The number of aliphatic hydroxyl groups is 1. The van der Waals surface area contributed by atoms with Gasteiger partial charge in [0, 0.05) is 27.7 Å². The van der Waals surface area contributed by atoms with E-state index in [1.165, 1.54) is 6.92 Å². The second kappa shape index (κ2) is 24.0. The van der Waals surface area contributed by atoms with Crippen LogP contribution in [0.2, 0.25) is 0 Å². The van der Waals surface area contributed by atoms with Crippen molar-refractivity contribution >= 4 is 23.9 Å². The number of rotatable bonds is 13. The molecule has 7 fully saturated rings. The fourth-order valence-corrected chi connectivity index (χ4v) is 9.65. The van der Waals surface area contributed by atoms with Gasteiger partial charge < -0.3 is 85.6 Å². The summed E-state index contributed by atoms with van der Waals surface area (Å²) in [5.41, 5.74) is 2.02. The summed E-state index contributed by atoms with van der Waals surface area (Å²) < 4.78 is 97.3. The van der Waals surface area contributed by atoms with Gasteiger partial charge in [-0.15, -0.1) is 0 Å². The Labute approximate surface area is 430 Å². The number of benzene rings is 2. The van der Waals surface area contributed by atoms with Gasteiger partial charge in [0.05, 0.1) is 33.0 Å². The Kier molecular flexibility index (Phi) is 18.6. The van der Waals surface area contributed by atoms with E-state index in [4.69, 9.17) is 80.5 Å². The predicted molar refractivity (Wildman–Crippen MR) is 251 cm³/mol. The van der Waals surface area contributed by atoms with Crippen LogP contribution in [0.3, 0.4) is 0 Å². The highest BCUT2D eigenvalue weighted by atomic mass is 16.9. The van der Waals surface area contributed by atoms with Crippen molar-refractivity contribution in [1.29, 1.82) is 0 Å². The van der Waals surface area contributed by atoms with Crippen molar-refractivity contribution in [2.45, 2.75) is 212 Å². The molecule has 412 valence electrons. The lowest BCUT2D eigenvalue weighted by atomic mass is 9.98. The molecule has 0 radical (unpaired) electrons. The zero-order valence-corrected chi connectivity index (χ0v) is 44.0. The van der Waals surface area contributed by atoms with E-state index in [1.807, 2.05) is 116 Å². The van der Waals surface area contributed by atoms with E-state index >= 15 is 0 Å². The van der Waals surface area contributed by atoms with Crippen LogP contribution in [0, 0.1) is 0 Å². The molecule has 2 aromatic carbocycles. The van der Waals surface area contributed by atoms with E-state index in [0.29, 0.717) is 13.2 Å². The first-order valence-electron chi connectivity index (χ1n) is 24.7. The van der Waals surface area contributed by atoms with Gasteiger partial charge >= 0.3 is 23.9 Å². The normalized spacial score (nSPS) is 35.4. The van der Waals surface area contributed by atoms with Crippen LogP contribution in [-0.2, 0) is 113 Å². The Morgan fingerprint density at radius 3 is 1.24 bits per heavy atom. The van der Waals surface area contributed by atoms with Crippen LogP contribution in [0.15, 0.2) is 60.7 Å². The summed E-state index contributed by atoms with van der Waals surface area (Å²) in [7, 11) is 0. The van der Waals surface area contributed by atoms with Crippen molar-refractivity contribution in [2.24, 2.45) is 0 Å². The van der Waals surface area contributed by atoms with Gasteiger partial charge in [-0.1, -0.05) is 60.7 Å². The zero-order valence-electron chi connectivity index (χ0n) is 44.0. The van der Waals surface area contributed by atoms with Gasteiger partial charge in [-0.25, -0.2) is 0 Å². The van der Waals surface area contributed by atoms with E-state index in [0.717, 1.165) is 31.9 Å². The minimum Gasteiger partial charge on any atom is -0.456 e. The summed E-state index contributed by atoms with van der Waals surface area (Å²) in [6, 6.07) is 19.4. The van der Waals surface area contributed by atoms with Crippen LogP contribution < -0.4 is 0 Å². The smallest absolute Gasteiger partial charge is 0.305 e. The number of ether oxygens (including phenoxy) is 17. The molecule has 74 heavy (non-hydrogen) atoms. The summed E-state index contributed by atoms with van der Waals surface area (Å²) in [4.78, 5) is 46.6. The van der Waals surface area contributed by atoms with E-state index in [2.05, 4.69) is 0 Å². The van der Waals surface area contributed by atoms with Crippen molar-refractivity contribution in [2.75, 3.05) is 19.8 Å². The van der Waals surface area contributed by atoms with Crippen LogP contribution in [0.25, 0.3) is 0 Å². The van der Waals surface area contributed by atoms with Crippen LogP contribution in [-0.4, -0.2) is 164 Å². The molecule has 0 saturated carbocycles. The molecule has 0 aromatic heterocycles. The fraction of sp³-hybridized carbons (Fsp3) is 0.692. The molecule has 22 nitrogen and oxygen atoms in total. The molecule has 0 bridgehead atoms. The van der Waals surface area contributed by atoms with Crippen molar-refractivity contribution in [3.63, 3.8) is 0 Å². The highest BCUT2D eigenvalue weighted by Gasteiger charge is 2.62. The number of carbonyl (C=O) groups excluding carboxylic acids is 4. The molecule has 7 aliphatic heterocycles. The first-order valence-corrected chi connectivity index (χ1v) is 24.7. The topological polar surface area (TPSA) is 245 Å². The van der Waals surface area contributed by atoms with E-state index in [9.17, 15) is 24.3 Å². The summed E-state index contributed by atoms with van der Waals surface area (Å²) in [5.74, 6) is -5.62. The maximum atomic E-state index is 11.7. The lowest BCUT2D eigenvalue weighted by Crippen LogP contribution is -2.63. The molecule has 2 aromatic rings. The molecule has 0 aliphatic carbocycles. The lowest BCUT2D eigenvalue weighted by molar-refractivity contribution is -0.301. The first-order chi connectivity index (χ1) is 34.8. The Morgan fingerprint density at radius 2 is 0.797 bits per heavy atom. The fourth-order valence-electron chi connectivity index (χ4n) is 9.65. The molecule has 15 atom stereocenters. The number of carbonyl (C=O) groups is 4. The number of esters is 4. The van der Waals surface area contributed by atoms with Crippen molar-refractivity contribution in [1.82, 2.24) is 0 Å². The van der Waals surface area contributed by atoms with E-state index in [1.54, 1.807) is 0 Å². The summed E-state index contributed by atoms with van der Waals surface area (Å²) in [6.07, 6.45) is -9.61. The minimum atomic E-state index is -1.40. The molecule has 0 spiro atoms. The van der Waals surface area contributed by atoms with Gasteiger partial charge in [0.25, 0.3) is 0 Å². The van der Waals surface area contributed by atoms with E-state index < -0.39 is 96.4 Å². The van der Waals surface area contributed by atoms with Crippen LogP contribution in [0.5, 0.6) is 0 Å². The van der Waals surface area contributed by atoms with Gasteiger partial charge in [0.15, 0.2) is 47.9 Å². The Morgan fingerprint density at radius 1 is 0.432 bits per heavy atom. The molecule has 1 N–H and O–H groups in total. The van der Waals surface area contributed by atoms with Crippen LogP contribution in [0.4, 0.5) is 0 Å². The first kappa shape index (κ1) is 57.5. The van der Waals surface area contributed by atoms with Gasteiger partial charge in [-0.3, -0.25) is 19.2 Å². The Balaban J connectivity index is 0.000000167. The monoisotopic (exact) mass is 1050 g/mol. The molecule has 7 heterocycles. The molecule has 0 amide bonds. The lowest BCUT2D eigenvalue weighted by Gasteiger charge is -2.43. The highest BCUT2D eigenvalue weighted by Crippen LogP contribution is 2.46. The molecule has 7 aliphatic rings. The SMILES string of the molecule is CC(=O)OC1O[C@@H](COCc2ccccc2)[C@@H](OC(C)=O)[C@@H](OC(C)=O)[C@@H]1OC(C)=O.CC1(C)OC2O[C@@H](CO)[C@H]3OC(C)(C)OC3[C@@H]2O1.CC1(C)OC2O[C@@H](COCc3ccccc3)[C@H]3OC(C)(C)OC3[C@@H]2O1. The molecule has 7 saturated heterocycles. The number of aliphatic hydroxyl groups excluding tert-OH is 1. The molecular formula is C52H72O22. The number of fused-ring (bicyclic) bond motifs is 6. The summed E-state index contributed by atoms with van der Waals surface area (Å²) in [6.45, 7) is 20.5. The Hall–Kier alpha value is -4.24. The zero-order chi connectivity index (χ0) is 53.8.